The van der Waals surface area contributed by atoms with Crippen LogP contribution in [0.1, 0.15) is 30.6 Å². The van der Waals surface area contributed by atoms with Gasteiger partial charge in [0.2, 0.25) is 0 Å². The van der Waals surface area contributed by atoms with Crippen molar-refractivity contribution in [2.45, 2.75) is 44.4 Å². The molecule has 2 aliphatic heterocycles. The number of nitrogens with one attached hydrogen (secondary N) is 1. The number of carbonyl (C=O) groups is 1. The predicted molar refractivity (Wildman–Crippen MR) is 79.7 cm³/mol. The van der Waals surface area contributed by atoms with Crippen LogP contribution in [0, 0.1) is 0 Å². The van der Waals surface area contributed by atoms with Crippen LogP contribution in [0.25, 0.3) is 0 Å². The summed E-state index contributed by atoms with van der Waals surface area (Å²) in [5, 5.41) is 5.40. The number of thiophene rings is 1. The summed E-state index contributed by atoms with van der Waals surface area (Å²) in [6.45, 7) is 3.60. The summed E-state index contributed by atoms with van der Waals surface area (Å²) >= 11 is 1.64. The molecule has 0 radical (unpaired) electrons. The highest BCUT2D eigenvalue weighted by Crippen LogP contribution is 2.25. The average molecular weight is 294 g/mol. The van der Waals surface area contributed by atoms with Gasteiger partial charge in [-0.3, -0.25) is 9.69 Å². The lowest BCUT2D eigenvalue weighted by Crippen LogP contribution is -2.48. The van der Waals surface area contributed by atoms with Gasteiger partial charge >= 0.3 is 5.97 Å². The second-order valence-electron chi connectivity index (χ2n) is 5.56. The Hall–Kier alpha value is -0.910. The van der Waals surface area contributed by atoms with Crippen molar-refractivity contribution in [1.82, 2.24) is 10.2 Å². The molecular weight excluding hydrogens is 272 g/mol. The molecule has 0 amide bonds. The number of carbonyl (C=O) groups excluding carboxylic acids is 1. The maximum Gasteiger partial charge on any atom is 0.323 e. The van der Waals surface area contributed by atoms with E-state index in [0.29, 0.717) is 12.6 Å². The molecule has 1 aromatic heterocycles. The lowest BCUT2D eigenvalue weighted by Gasteiger charge is -2.34. The van der Waals surface area contributed by atoms with Crippen LogP contribution < -0.4 is 5.32 Å². The summed E-state index contributed by atoms with van der Waals surface area (Å²) < 4.78 is 5.51. The van der Waals surface area contributed by atoms with E-state index in [1.54, 1.807) is 11.3 Å². The smallest absolute Gasteiger partial charge is 0.323 e. The quantitative estimate of drug-likeness (QED) is 0.863. The fraction of sp³-hybridized carbons (Fsp3) is 0.667. The molecule has 4 nitrogen and oxygen atoms in total. The summed E-state index contributed by atoms with van der Waals surface area (Å²) in [5.74, 6) is -0.0329. The zero-order valence-corrected chi connectivity index (χ0v) is 12.5. The zero-order valence-electron chi connectivity index (χ0n) is 11.7. The molecule has 1 unspecified atom stereocenters. The third kappa shape index (κ3) is 3.22. The van der Waals surface area contributed by atoms with Gasteiger partial charge in [0.25, 0.3) is 0 Å². The predicted octanol–water partition coefficient (Wildman–Crippen LogP) is 2.01. The van der Waals surface area contributed by atoms with Gasteiger partial charge in [0.05, 0.1) is 0 Å². The Kier molecular flexibility index (Phi) is 4.70. The van der Waals surface area contributed by atoms with E-state index in [1.165, 1.54) is 0 Å². The topological polar surface area (TPSA) is 41.6 Å². The van der Waals surface area contributed by atoms with Gasteiger partial charge in [-0.15, -0.1) is 11.3 Å². The van der Waals surface area contributed by atoms with Gasteiger partial charge in [-0.2, -0.15) is 0 Å². The first-order valence-corrected chi connectivity index (χ1v) is 8.38. The monoisotopic (exact) mass is 294 g/mol. The third-order valence-electron chi connectivity index (χ3n) is 4.28. The summed E-state index contributed by atoms with van der Waals surface area (Å²) in [7, 11) is 0. The van der Waals surface area contributed by atoms with Crippen LogP contribution in [0.5, 0.6) is 0 Å². The minimum atomic E-state index is -0.0329. The molecule has 0 saturated carbocycles. The van der Waals surface area contributed by atoms with Crippen molar-refractivity contribution in [2.24, 2.45) is 0 Å². The van der Waals surface area contributed by atoms with Crippen LogP contribution in [0.4, 0.5) is 0 Å². The van der Waals surface area contributed by atoms with Crippen LogP contribution in [0.15, 0.2) is 17.5 Å². The number of nitrogens with zero attached hydrogens (tertiary/aromatic N) is 1. The van der Waals surface area contributed by atoms with Crippen molar-refractivity contribution in [3.63, 3.8) is 0 Å². The number of esters is 1. The lowest BCUT2D eigenvalue weighted by atomic mass is 10.0. The Morgan fingerprint density at radius 2 is 2.25 bits per heavy atom. The first-order valence-electron chi connectivity index (χ1n) is 7.50. The number of piperidine rings is 1. The highest BCUT2D eigenvalue weighted by Gasteiger charge is 2.36. The van der Waals surface area contributed by atoms with Crippen molar-refractivity contribution < 1.29 is 9.53 Å². The van der Waals surface area contributed by atoms with Gasteiger partial charge in [0, 0.05) is 10.9 Å². The zero-order chi connectivity index (χ0) is 13.8. The van der Waals surface area contributed by atoms with E-state index in [2.05, 4.69) is 10.2 Å². The van der Waals surface area contributed by atoms with Crippen molar-refractivity contribution in [2.75, 3.05) is 19.6 Å². The van der Waals surface area contributed by atoms with Crippen LogP contribution in [0.3, 0.4) is 0 Å². The molecule has 2 fully saturated rings. The van der Waals surface area contributed by atoms with Crippen LogP contribution in [-0.2, 0) is 16.1 Å². The normalized spacial score (nSPS) is 24.9. The van der Waals surface area contributed by atoms with Crippen molar-refractivity contribution in [3.05, 3.63) is 22.4 Å². The Morgan fingerprint density at radius 3 is 3.00 bits per heavy atom. The maximum absolute atomic E-state index is 12.3. The van der Waals surface area contributed by atoms with Gasteiger partial charge in [-0.05, 0) is 56.8 Å². The molecule has 1 aromatic rings. The van der Waals surface area contributed by atoms with E-state index in [9.17, 15) is 4.79 Å². The number of rotatable bonds is 4. The number of hydrogen-bond donors (Lipinski definition) is 1. The summed E-state index contributed by atoms with van der Waals surface area (Å²) in [5.41, 5.74) is 0. The number of ether oxygens (including phenoxy) is 1. The number of likely N-dealkylation sites (tertiary alicyclic amines) is 1. The Labute approximate surface area is 124 Å². The van der Waals surface area contributed by atoms with Crippen molar-refractivity contribution in [1.29, 1.82) is 0 Å². The van der Waals surface area contributed by atoms with Crippen molar-refractivity contribution >= 4 is 17.3 Å². The SMILES string of the molecule is O=C(OCc1cccs1)C1CCCN1C1CCNCC1. The highest BCUT2D eigenvalue weighted by molar-refractivity contribution is 7.09. The van der Waals surface area contributed by atoms with Gasteiger partial charge in [-0.1, -0.05) is 6.07 Å². The Balaban J connectivity index is 1.55. The molecule has 1 N–H and O–H groups in total. The van der Waals surface area contributed by atoms with Gasteiger partial charge in [0.15, 0.2) is 0 Å². The highest BCUT2D eigenvalue weighted by atomic mass is 32.1. The fourth-order valence-electron chi connectivity index (χ4n) is 3.25. The lowest BCUT2D eigenvalue weighted by molar-refractivity contribution is -0.151. The van der Waals surface area contributed by atoms with Crippen LogP contribution >= 0.6 is 11.3 Å². The molecule has 3 heterocycles. The molecule has 3 rings (SSSR count). The summed E-state index contributed by atoms with van der Waals surface area (Å²) in [4.78, 5) is 15.8. The largest absolute Gasteiger partial charge is 0.459 e. The van der Waals surface area contributed by atoms with E-state index in [0.717, 1.165) is 50.2 Å². The van der Waals surface area contributed by atoms with E-state index < -0.39 is 0 Å². The molecule has 20 heavy (non-hydrogen) atoms. The molecule has 0 aliphatic carbocycles. The molecule has 2 saturated heterocycles. The Morgan fingerprint density at radius 1 is 1.40 bits per heavy atom. The molecule has 2 aliphatic rings. The molecule has 1 atom stereocenters. The minimum Gasteiger partial charge on any atom is -0.459 e. The van der Waals surface area contributed by atoms with Crippen LogP contribution in [-0.4, -0.2) is 42.6 Å². The number of hydrogen-bond acceptors (Lipinski definition) is 5. The Bertz CT molecular complexity index is 429. The molecule has 0 aromatic carbocycles. The van der Waals surface area contributed by atoms with E-state index in [-0.39, 0.29) is 12.0 Å². The average Bonchev–Trinajstić information content (AvgIpc) is 3.17. The molecule has 0 spiro atoms. The molecular formula is C15H22N2O2S. The summed E-state index contributed by atoms with van der Waals surface area (Å²) in [6.07, 6.45) is 4.36. The fourth-order valence-corrected chi connectivity index (χ4v) is 3.87. The van der Waals surface area contributed by atoms with Crippen molar-refractivity contribution in [3.8, 4) is 0 Å². The first-order chi connectivity index (χ1) is 9.84. The minimum absolute atomic E-state index is 0.0157. The van der Waals surface area contributed by atoms with Gasteiger partial charge in [-0.25, -0.2) is 0 Å². The molecule has 110 valence electrons. The molecule has 0 bridgehead atoms. The molecule has 5 heteroatoms. The summed E-state index contributed by atoms with van der Waals surface area (Å²) in [6, 6.07) is 4.54. The van der Waals surface area contributed by atoms with Crippen LogP contribution in [0.2, 0.25) is 0 Å². The third-order valence-corrected chi connectivity index (χ3v) is 5.13. The second-order valence-corrected chi connectivity index (χ2v) is 6.60. The standard InChI is InChI=1S/C15H22N2O2S/c18-15(19-11-13-3-2-10-20-13)14-4-1-9-17(14)12-5-7-16-8-6-12/h2-3,10,12,14,16H,1,4-9,11H2. The van der Waals surface area contributed by atoms with Gasteiger partial charge in [0.1, 0.15) is 12.6 Å². The van der Waals surface area contributed by atoms with E-state index in [1.807, 2.05) is 17.5 Å². The first kappa shape index (κ1) is 14.0. The second kappa shape index (κ2) is 6.70. The van der Waals surface area contributed by atoms with Gasteiger partial charge < -0.3 is 10.1 Å². The van der Waals surface area contributed by atoms with E-state index >= 15 is 0 Å². The van der Waals surface area contributed by atoms with E-state index in [4.69, 9.17) is 4.74 Å². The maximum atomic E-state index is 12.3.